The maximum Gasteiger partial charge on any atom is 0.166 e. The van der Waals surface area contributed by atoms with E-state index in [9.17, 15) is 0 Å². The third kappa shape index (κ3) is 3.10. The van der Waals surface area contributed by atoms with Crippen molar-refractivity contribution >= 4 is 11.5 Å². The summed E-state index contributed by atoms with van der Waals surface area (Å²) in [6, 6.07) is 10.3. The summed E-state index contributed by atoms with van der Waals surface area (Å²) in [5.74, 6) is 0.960. The van der Waals surface area contributed by atoms with E-state index in [1.807, 2.05) is 13.0 Å². The molecule has 0 unspecified atom stereocenters. The maximum atomic E-state index is 5.67. The molecule has 0 spiro atoms. The normalized spacial score (nSPS) is 20.6. The van der Waals surface area contributed by atoms with Crippen molar-refractivity contribution in [1.29, 1.82) is 0 Å². The molecule has 3 rings (SSSR count). The Labute approximate surface area is 120 Å². The number of nitrogens with zero attached hydrogens (tertiary/aromatic N) is 2. The molecule has 0 amide bonds. The Morgan fingerprint density at radius 2 is 1.85 bits per heavy atom. The molecule has 0 saturated carbocycles. The first-order valence-electron chi connectivity index (χ1n) is 7.53. The van der Waals surface area contributed by atoms with Crippen LogP contribution in [-0.2, 0) is 4.84 Å². The summed E-state index contributed by atoms with van der Waals surface area (Å²) in [7, 11) is 0. The Kier molecular flexibility index (Phi) is 4.16. The highest BCUT2D eigenvalue weighted by molar-refractivity contribution is 5.87. The van der Waals surface area contributed by atoms with Crippen molar-refractivity contribution in [3.05, 3.63) is 41.5 Å². The van der Waals surface area contributed by atoms with Crippen molar-refractivity contribution in [3.63, 3.8) is 0 Å². The predicted molar refractivity (Wildman–Crippen MR) is 82.5 cm³/mol. The average molecular weight is 270 g/mol. The standard InChI is InChI=1S/C17H22N2O/c1-14-12-16(13-19-10-6-3-7-11-19)17(20-18-14)15-8-4-2-5-9-15/h2,4-5,8-9H,3,6-7,10-13H2,1H3. The van der Waals surface area contributed by atoms with E-state index in [-0.39, 0.29) is 0 Å². The number of rotatable bonds is 3. The zero-order chi connectivity index (χ0) is 13.8. The Morgan fingerprint density at radius 1 is 1.10 bits per heavy atom. The lowest BCUT2D eigenvalue weighted by Gasteiger charge is -2.29. The number of hydrogen-bond acceptors (Lipinski definition) is 3. The highest BCUT2D eigenvalue weighted by Gasteiger charge is 2.20. The van der Waals surface area contributed by atoms with E-state index in [1.165, 1.54) is 37.9 Å². The highest BCUT2D eigenvalue weighted by atomic mass is 16.6. The Morgan fingerprint density at radius 3 is 2.60 bits per heavy atom. The molecule has 2 aliphatic heterocycles. The van der Waals surface area contributed by atoms with Gasteiger partial charge in [-0.2, -0.15) is 0 Å². The van der Waals surface area contributed by atoms with Crippen molar-refractivity contribution < 1.29 is 4.84 Å². The second-order valence-corrected chi connectivity index (χ2v) is 5.73. The molecule has 0 N–H and O–H groups in total. The van der Waals surface area contributed by atoms with E-state index < -0.39 is 0 Å². The second kappa shape index (κ2) is 6.23. The largest absolute Gasteiger partial charge is 0.356 e. The number of hydrogen-bond donors (Lipinski definition) is 0. The van der Waals surface area contributed by atoms with Crippen molar-refractivity contribution in [2.45, 2.75) is 32.6 Å². The smallest absolute Gasteiger partial charge is 0.166 e. The molecule has 2 heterocycles. The molecular formula is C17H22N2O. The molecule has 1 saturated heterocycles. The third-order valence-electron chi connectivity index (χ3n) is 3.98. The molecular weight excluding hydrogens is 248 g/mol. The molecule has 0 aromatic heterocycles. The fourth-order valence-corrected chi connectivity index (χ4v) is 2.97. The summed E-state index contributed by atoms with van der Waals surface area (Å²) >= 11 is 0. The molecule has 0 aliphatic carbocycles. The number of likely N-dealkylation sites (tertiary alicyclic amines) is 1. The van der Waals surface area contributed by atoms with Gasteiger partial charge in [0.2, 0.25) is 0 Å². The zero-order valence-corrected chi connectivity index (χ0v) is 12.1. The van der Waals surface area contributed by atoms with Gasteiger partial charge in [-0.3, -0.25) is 4.90 Å². The van der Waals surface area contributed by atoms with Crippen LogP contribution in [0.2, 0.25) is 0 Å². The van der Waals surface area contributed by atoms with Gasteiger partial charge in [0.15, 0.2) is 5.76 Å². The van der Waals surface area contributed by atoms with Crippen LogP contribution < -0.4 is 0 Å². The quantitative estimate of drug-likeness (QED) is 0.837. The Hall–Kier alpha value is -1.61. The van der Waals surface area contributed by atoms with Crippen molar-refractivity contribution in [3.8, 4) is 0 Å². The van der Waals surface area contributed by atoms with E-state index in [0.717, 1.165) is 30.0 Å². The lowest BCUT2D eigenvalue weighted by Crippen LogP contribution is -2.32. The van der Waals surface area contributed by atoms with E-state index >= 15 is 0 Å². The molecule has 0 bridgehead atoms. The van der Waals surface area contributed by atoms with Crippen molar-refractivity contribution in [2.24, 2.45) is 5.16 Å². The van der Waals surface area contributed by atoms with Crippen molar-refractivity contribution in [2.75, 3.05) is 19.6 Å². The van der Waals surface area contributed by atoms with Crippen LogP contribution >= 0.6 is 0 Å². The van der Waals surface area contributed by atoms with E-state index in [4.69, 9.17) is 4.84 Å². The van der Waals surface area contributed by atoms with Crippen LogP contribution in [0.25, 0.3) is 5.76 Å². The number of oxime groups is 1. The van der Waals surface area contributed by atoms with E-state index in [1.54, 1.807) is 0 Å². The average Bonchev–Trinajstić information content (AvgIpc) is 2.49. The molecule has 3 heteroatoms. The van der Waals surface area contributed by atoms with Crippen LogP contribution in [0.3, 0.4) is 0 Å². The van der Waals surface area contributed by atoms with Gasteiger partial charge in [-0.1, -0.05) is 41.9 Å². The molecule has 3 nitrogen and oxygen atoms in total. The topological polar surface area (TPSA) is 24.8 Å². The molecule has 1 fully saturated rings. The molecule has 1 aromatic rings. The summed E-state index contributed by atoms with van der Waals surface area (Å²) in [6.45, 7) is 5.47. The van der Waals surface area contributed by atoms with Gasteiger partial charge in [-0.15, -0.1) is 0 Å². The fraction of sp³-hybridized carbons (Fsp3) is 0.471. The minimum absolute atomic E-state index is 0.931. The summed E-state index contributed by atoms with van der Waals surface area (Å²) in [4.78, 5) is 8.22. The summed E-state index contributed by atoms with van der Waals surface area (Å²) in [6.07, 6.45) is 4.95. The summed E-state index contributed by atoms with van der Waals surface area (Å²) < 4.78 is 0. The van der Waals surface area contributed by atoms with Gasteiger partial charge >= 0.3 is 0 Å². The van der Waals surface area contributed by atoms with Crippen LogP contribution in [0.15, 0.2) is 41.1 Å². The fourth-order valence-electron chi connectivity index (χ4n) is 2.97. The minimum atomic E-state index is 0.931. The van der Waals surface area contributed by atoms with Gasteiger partial charge < -0.3 is 4.84 Å². The first-order valence-corrected chi connectivity index (χ1v) is 7.53. The SMILES string of the molecule is CC1=NOC(c2ccccc2)=C(CN2CCCCC2)C1. The summed E-state index contributed by atoms with van der Waals surface area (Å²) in [5.41, 5.74) is 3.57. The Bertz CT molecular complexity index is 513. The van der Waals surface area contributed by atoms with Gasteiger partial charge in [-0.25, -0.2) is 0 Å². The first kappa shape index (κ1) is 13.4. The van der Waals surface area contributed by atoms with Crippen LogP contribution in [0.1, 0.15) is 38.2 Å². The highest BCUT2D eigenvalue weighted by Crippen LogP contribution is 2.28. The van der Waals surface area contributed by atoms with Gasteiger partial charge in [0.05, 0.1) is 5.71 Å². The zero-order valence-electron chi connectivity index (χ0n) is 12.1. The maximum absolute atomic E-state index is 5.67. The minimum Gasteiger partial charge on any atom is -0.356 e. The molecule has 106 valence electrons. The van der Waals surface area contributed by atoms with Gasteiger partial charge in [-0.05, 0) is 38.4 Å². The van der Waals surface area contributed by atoms with Gasteiger partial charge in [0, 0.05) is 18.5 Å². The molecule has 2 aliphatic rings. The van der Waals surface area contributed by atoms with E-state index in [2.05, 4.69) is 34.3 Å². The van der Waals surface area contributed by atoms with E-state index in [0.29, 0.717) is 0 Å². The lowest BCUT2D eigenvalue weighted by atomic mass is 10.0. The molecule has 20 heavy (non-hydrogen) atoms. The molecule has 1 aromatic carbocycles. The first-order chi connectivity index (χ1) is 9.83. The molecule has 0 atom stereocenters. The number of piperidine rings is 1. The van der Waals surface area contributed by atoms with Gasteiger partial charge in [0.25, 0.3) is 0 Å². The Balaban J connectivity index is 1.83. The van der Waals surface area contributed by atoms with Gasteiger partial charge in [0.1, 0.15) is 0 Å². The van der Waals surface area contributed by atoms with Crippen LogP contribution in [0.5, 0.6) is 0 Å². The lowest BCUT2D eigenvalue weighted by molar-refractivity contribution is 0.236. The second-order valence-electron chi connectivity index (χ2n) is 5.73. The summed E-state index contributed by atoms with van der Waals surface area (Å²) in [5, 5.41) is 4.17. The van der Waals surface area contributed by atoms with Crippen LogP contribution in [0, 0.1) is 0 Å². The third-order valence-corrected chi connectivity index (χ3v) is 3.98. The number of benzene rings is 1. The van der Waals surface area contributed by atoms with Crippen LogP contribution in [0.4, 0.5) is 0 Å². The van der Waals surface area contributed by atoms with Crippen LogP contribution in [-0.4, -0.2) is 30.2 Å². The predicted octanol–water partition coefficient (Wildman–Crippen LogP) is 3.68. The monoisotopic (exact) mass is 270 g/mol. The van der Waals surface area contributed by atoms with Crippen molar-refractivity contribution in [1.82, 2.24) is 4.90 Å². The molecule has 0 radical (unpaired) electrons.